The Morgan fingerprint density at radius 2 is 1.84 bits per heavy atom. The van der Waals surface area contributed by atoms with Crippen LogP contribution in [0.5, 0.6) is 0 Å². The standard InChI is InChI=1S/C18H19N5OS/c1-13-7-9-14(10-8-13)11-20-16(24)12-25-18-22-21-17(19)23(18)15-5-3-2-4-6-15/h2-10H,11-12H2,1H3,(H2,19,21)(H,20,24). The summed E-state index contributed by atoms with van der Waals surface area (Å²) < 4.78 is 1.73. The van der Waals surface area contributed by atoms with Crippen molar-refractivity contribution in [2.75, 3.05) is 11.5 Å². The molecule has 0 saturated carbocycles. The Labute approximate surface area is 150 Å². The number of benzene rings is 2. The van der Waals surface area contributed by atoms with Crippen LogP contribution in [0.15, 0.2) is 59.8 Å². The van der Waals surface area contributed by atoms with E-state index in [1.54, 1.807) is 4.57 Å². The molecule has 0 atom stereocenters. The highest BCUT2D eigenvalue weighted by Crippen LogP contribution is 2.22. The number of hydrogen-bond donors (Lipinski definition) is 2. The van der Waals surface area contributed by atoms with Gasteiger partial charge in [0.1, 0.15) is 0 Å². The van der Waals surface area contributed by atoms with Crippen LogP contribution in [0.2, 0.25) is 0 Å². The predicted molar refractivity (Wildman–Crippen MR) is 99.5 cm³/mol. The van der Waals surface area contributed by atoms with E-state index in [2.05, 4.69) is 15.5 Å². The summed E-state index contributed by atoms with van der Waals surface area (Å²) in [5.41, 5.74) is 9.04. The van der Waals surface area contributed by atoms with E-state index in [1.165, 1.54) is 17.3 Å². The molecule has 7 heteroatoms. The van der Waals surface area contributed by atoms with Gasteiger partial charge in [-0.15, -0.1) is 10.2 Å². The summed E-state index contributed by atoms with van der Waals surface area (Å²) >= 11 is 1.31. The first-order chi connectivity index (χ1) is 12.1. The molecular formula is C18H19N5OS. The number of thioether (sulfide) groups is 1. The van der Waals surface area contributed by atoms with Crippen LogP contribution in [0.4, 0.5) is 5.95 Å². The van der Waals surface area contributed by atoms with Crippen molar-refractivity contribution in [2.45, 2.75) is 18.6 Å². The second kappa shape index (κ2) is 7.85. The Balaban J connectivity index is 1.58. The van der Waals surface area contributed by atoms with E-state index in [4.69, 9.17) is 5.73 Å². The highest BCUT2D eigenvalue weighted by Gasteiger charge is 2.13. The molecule has 2 aromatic carbocycles. The van der Waals surface area contributed by atoms with Gasteiger partial charge in [0.15, 0.2) is 5.16 Å². The van der Waals surface area contributed by atoms with Gasteiger partial charge in [0.25, 0.3) is 0 Å². The highest BCUT2D eigenvalue weighted by atomic mass is 32.2. The lowest BCUT2D eigenvalue weighted by Gasteiger charge is -2.08. The minimum absolute atomic E-state index is 0.0632. The molecule has 25 heavy (non-hydrogen) atoms. The van der Waals surface area contributed by atoms with E-state index in [0.29, 0.717) is 17.6 Å². The van der Waals surface area contributed by atoms with Gasteiger partial charge >= 0.3 is 0 Å². The van der Waals surface area contributed by atoms with Crippen molar-refractivity contribution in [3.63, 3.8) is 0 Å². The van der Waals surface area contributed by atoms with Crippen molar-refractivity contribution in [3.05, 3.63) is 65.7 Å². The van der Waals surface area contributed by atoms with E-state index >= 15 is 0 Å². The molecule has 6 nitrogen and oxygen atoms in total. The summed E-state index contributed by atoms with van der Waals surface area (Å²) in [4.78, 5) is 12.1. The Kier molecular flexibility index (Phi) is 5.35. The number of para-hydroxylation sites is 1. The van der Waals surface area contributed by atoms with Crippen LogP contribution >= 0.6 is 11.8 Å². The largest absolute Gasteiger partial charge is 0.368 e. The topological polar surface area (TPSA) is 85.8 Å². The lowest BCUT2D eigenvalue weighted by atomic mass is 10.1. The lowest BCUT2D eigenvalue weighted by Crippen LogP contribution is -2.24. The van der Waals surface area contributed by atoms with Gasteiger partial charge in [-0.3, -0.25) is 9.36 Å². The maximum Gasteiger partial charge on any atom is 0.230 e. The monoisotopic (exact) mass is 353 g/mol. The minimum atomic E-state index is -0.0632. The quantitative estimate of drug-likeness (QED) is 0.665. The van der Waals surface area contributed by atoms with Gasteiger partial charge in [0.2, 0.25) is 11.9 Å². The SMILES string of the molecule is Cc1ccc(CNC(=O)CSc2nnc(N)n2-c2ccccc2)cc1. The fraction of sp³-hybridized carbons (Fsp3) is 0.167. The first-order valence-corrected chi connectivity index (χ1v) is 8.83. The van der Waals surface area contributed by atoms with Crippen molar-refractivity contribution in [1.82, 2.24) is 20.1 Å². The van der Waals surface area contributed by atoms with Gasteiger partial charge in [-0.1, -0.05) is 59.8 Å². The number of carbonyl (C=O) groups is 1. The van der Waals surface area contributed by atoms with Crippen molar-refractivity contribution in [3.8, 4) is 5.69 Å². The van der Waals surface area contributed by atoms with E-state index in [0.717, 1.165) is 11.3 Å². The smallest absolute Gasteiger partial charge is 0.230 e. The number of nitrogens with two attached hydrogens (primary N) is 1. The third-order valence-electron chi connectivity index (χ3n) is 3.62. The second-order valence-electron chi connectivity index (χ2n) is 5.56. The van der Waals surface area contributed by atoms with Gasteiger partial charge in [0.05, 0.1) is 11.4 Å². The maximum atomic E-state index is 12.1. The summed E-state index contributed by atoms with van der Waals surface area (Å²) in [6, 6.07) is 17.7. The number of aromatic nitrogens is 3. The van der Waals surface area contributed by atoms with Gasteiger partial charge in [-0.25, -0.2) is 0 Å². The molecule has 0 saturated heterocycles. The summed E-state index contributed by atoms with van der Waals surface area (Å²) in [5, 5.41) is 11.5. The molecule has 0 radical (unpaired) electrons. The number of anilines is 1. The zero-order valence-corrected chi connectivity index (χ0v) is 14.7. The van der Waals surface area contributed by atoms with Crippen molar-refractivity contribution in [1.29, 1.82) is 0 Å². The molecule has 0 spiro atoms. The van der Waals surface area contributed by atoms with Crippen molar-refractivity contribution in [2.24, 2.45) is 0 Å². The van der Waals surface area contributed by atoms with Gasteiger partial charge in [-0.05, 0) is 24.6 Å². The second-order valence-corrected chi connectivity index (χ2v) is 6.51. The van der Waals surface area contributed by atoms with Crippen LogP contribution < -0.4 is 11.1 Å². The predicted octanol–water partition coefficient (Wildman–Crippen LogP) is 2.57. The van der Waals surface area contributed by atoms with Gasteiger partial charge in [0, 0.05) is 6.54 Å². The number of nitrogens with zero attached hydrogens (tertiary/aromatic N) is 3. The third-order valence-corrected chi connectivity index (χ3v) is 4.54. The molecule has 0 aliphatic rings. The molecule has 0 aliphatic carbocycles. The Hall–Kier alpha value is -2.80. The number of nitrogen functional groups attached to an aromatic ring is 1. The zero-order valence-electron chi connectivity index (χ0n) is 13.8. The van der Waals surface area contributed by atoms with Crippen molar-refractivity contribution >= 4 is 23.6 Å². The zero-order chi connectivity index (χ0) is 17.6. The number of amides is 1. The van der Waals surface area contributed by atoms with E-state index in [1.807, 2.05) is 61.5 Å². The molecule has 0 aliphatic heterocycles. The number of hydrogen-bond acceptors (Lipinski definition) is 5. The van der Waals surface area contributed by atoms with Crippen LogP contribution in [-0.2, 0) is 11.3 Å². The van der Waals surface area contributed by atoms with Crippen LogP contribution in [0.25, 0.3) is 5.69 Å². The number of aryl methyl sites for hydroxylation is 1. The van der Waals surface area contributed by atoms with E-state index < -0.39 is 0 Å². The number of carbonyl (C=O) groups excluding carboxylic acids is 1. The molecular weight excluding hydrogens is 334 g/mol. The summed E-state index contributed by atoms with van der Waals surface area (Å²) in [7, 11) is 0. The van der Waals surface area contributed by atoms with Crippen molar-refractivity contribution < 1.29 is 4.79 Å². The van der Waals surface area contributed by atoms with Crippen LogP contribution in [0, 0.1) is 6.92 Å². The Bertz CT molecular complexity index is 846. The molecule has 1 heterocycles. The summed E-state index contributed by atoms with van der Waals surface area (Å²) in [6.07, 6.45) is 0. The fourth-order valence-corrected chi connectivity index (χ4v) is 3.07. The molecule has 1 aromatic heterocycles. The molecule has 128 valence electrons. The lowest BCUT2D eigenvalue weighted by molar-refractivity contribution is -0.118. The molecule has 3 rings (SSSR count). The minimum Gasteiger partial charge on any atom is -0.368 e. The fourth-order valence-electron chi connectivity index (χ4n) is 2.28. The van der Waals surface area contributed by atoms with E-state index in [-0.39, 0.29) is 11.7 Å². The normalized spacial score (nSPS) is 10.6. The molecule has 3 aromatic rings. The summed E-state index contributed by atoms with van der Waals surface area (Å²) in [6.45, 7) is 2.54. The number of rotatable bonds is 6. The van der Waals surface area contributed by atoms with Crippen LogP contribution in [0.3, 0.4) is 0 Å². The highest BCUT2D eigenvalue weighted by molar-refractivity contribution is 7.99. The van der Waals surface area contributed by atoms with Crippen LogP contribution in [-0.4, -0.2) is 26.4 Å². The average Bonchev–Trinajstić information content (AvgIpc) is 3.01. The molecule has 0 bridgehead atoms. The third kappa shape index (κ3) is 4.39. The molecule has 3 N–H and O–H groups in total. The molecule has 1 amide bonds. The van der Waals surface area contributed by atoms with Gasteiger partial charge < -0.3 is 11.1 Å². The van der Waals surface area contributed by atoms with E-state index in [9.17, 15) is 4.79 Å². The first kappa shape index (κ1) is 17.0. The Morgan fingerprint density at radius 1 is 1.12 bits per heavy atom. The maximum absolute atomic E-state index is 12.1. The molecule has 0 fully saturated rings. The summed E-state index contributed by atoms with van der Waals surface area (Å²) in [5.74, 6) is 0.483. The first-order valence-electron chi connectivity index (χ1n) is 7.85. The average molecular weight is 353 g/mol. The van der Waals surface area contributed by atoms with Crippen LogP contribution in [0.1, 0.15) is 11.1 Å². The van der Waals surface area contributed by atoms with Gasteiger partial charge in [-0.2, -0.15) is 0 Å². The number of nitrogens with one attached hydrogen (secondary N) is 1. The Morgan fingerprint density at radius 3 is 2.56 bits per heavy atom. The molecule has 0 unspecified atom stereocenters.